The number of anilines is 1. The van der Waals surface area contributed by atoms with Gasteiger partial charge in [-0.2, -0.15) is 0 Å². The van der Waals surface area contributed by atoms with Gasteiger partial charge >= 0.3 is 0 Å². The summed E-state index contributed by atoms with van der Waals surface area (Å²) in [5.74, 6) is 0.740. The molecule has 1 aromatic rings. The van der Waals surface area contributed by atoms with Crippen molar-refractivity contribution in [2.24, 2.45) is 0 Å². The van der Waals surface area contributed by atoms with Crippen molar-refractivity contribution in [3.8, 4) is 5.75 Å². The van der Waals surface area contributed by atoms with E-state index >= 15 is 0 Å². The fourth-order valence-corrected chi connectivity index (χ4v) is 2.24. The van der Waals surface area contributed by atoms with Gasteiger partial charge in [-0.25, -0.2) is 0 Å². The Hall–Kier alpha value is -0.930. The molecule has 18 heavy (non-hydrogen) atoms. The predicted octanol–water partition coefficient (Wildman–Crippen LogP) is 3.72. The van der Waals surface area contributed by atoms with E-state index in [0.717, 1.165) is 37.5 Å². The van der Waals surface area contributed by atoms with Crippen LogP contribution in [-0.4, -0.2) is 25.4 Å². The van der Waals surface area contributed by atoms with E-state index in [9.17, 15) is 0 Å². The van der Waals surface area contributed by atoms with Gasteiger partial charge < -0.3 is 14.8 Å². The quantitative estimate of drug-likeness (QED) is 0.904. The predicted molar refractivity (Wildman–Crippen MR) is 74.7 cm³/mol. The summed E-state index contributed by atoms with van der Waals surface area (Å²) in [6.07, 6.45) is 2.22. The number of hydrogen-bond donors (Lipinski definition) is 1. The van der Waals surface area contributed by atoms with Gasteiger partial charge in [-0.1, -0.05) is 11.6 Å². The molecular formula is C14H20ClNO2. The van der Waals surface area contributed by atoms with E-state index < -0.39 is 0 Å². The Kier molecular flexibility index (Phi) is 4.72. The van der Waals surface area contributed by atoms with Crippen LogP contribution >= 0.6 is 11.6 Å². The third-order valence-corrected chi connectivity index (χ3v) is 3.18. The Bertz CT molecular complexity index is 389. The Morgan fingerprint density at radius 1 is 1.33 bits per heavy atom. The number of rotatable bonds is 4. The van der Waals surface area contributed by atoms with Gasteiger partial charge in [0.15, 0.2) is 0 Å². The van der Waals surface area contributed by atoms with Crippen molar-refractivity contribution in [3.05, 3.63) is 23.2 Å². The molecule has 100 valence electrons. The van der Waals surface area contributed by atoms with E-state index in [0.29, 0.717) is 11.1 Å². The van der Waals surface area contributed by atoms with Gasteiger partial charge in [0.05, 0.1) is 11.1 Å². The molecule has 1 aromatic carbocycles. The fraction of sp³-hybridized carbons (Fsp3) is 0.571. The first-order chi connectivity index (χ1) is 8.65. The molecule has 1 saturated heterocycles. The van der Waals surface area contributed by atoms with Crippen molar-refractivity contribution in [3.63, 3.8) is 0 Å². The molecule has 0 unspecified atom stereocenters. The molecule has 0 radical (unpaired) electrons. The Morgan fingerprint density at radius 2 is 2.06 bits per heavy atom. The lowest BCUT2D eigenvalue weighted by molar-refractivity contribution is 0.0904. The van der Waals surface area contributed by atoms with E-state index in [4.69, 9.17) is 21.1 Å². The van der Waals surface area contributed by atoms with E-state index in [1.54, 1.807) is 0 Å². The molecule has 4 heteroatoms. The molecule has 0 saturated carbocycles. The summed E-state index contributed by atoms with van der Waals surface area (Å²) in [5, 5.41) is 4.14. The van der Waals surface area contributed by atoms with E-state index in [2.05, 4.69) is 5.32 Å². The average Bonchev–Trinajstić information content (AvgIpc) is 2.33. The lowest BCUT2D eigenvalue weighted by atomic mass is 10.1. The summed E-state index contributed by atoms with van der Waals surface area (Å²) in [5.41, 5.74) is 1.04. The summed E-state index contributed by atoms with van der Waals surface area (Å²) in [6.45, 7) is 5.65. The summed E-state index contributed by atoms with van der Waals surface area (Å²) in [4.78, 5) is 0. The normalized spacial score (nSPS) is 16.9. The molecule has 0 aliphatic carbocycles. The molecule has 0 atom stereocenters. The molecule has 0 aromatic heterocycles. The molecule has 0 amide bonds. The van der Waals surface area contributed by atoms with Crippen LogP contribution in [0.1, 0.15) is 26.7 Å². The molecule has 1 heterocycles. The van der Waals surface area contributed by atoms with Crippen molar-refractivity contribution in [2.45, 2.75) is 38.8 Å². The first-order valence-corrected chi connectivity index (χ1v) is 6.83. The lowest BCUT2D eigenvalue weighted by Gasteiger charge is -2.24. The molecule has 1 fully saturated rings. The Morgan fingerprint density at radius 3 is 2.67 bits per heavy atom. The average molecular weight is 270 g/mol. The van der Waals surface area contributed by atoms with Gasteiger partial charge in [0.25, 0.3) is 0 Å². The second kappa shape index (κ2) is 6.30. The first-order valence-electron chi connectivity index (χ1n) is 6.45. The molecule has 1 aliphatic rings. The number of ether oxygens (including phenoxy) is 2. The fourth-order valence-electron chi connectivity index (χ4n) is 2.02. The van der Waals surface area contributed by atoms with E-state index in [-0.39, 0.29) is 6.10 Å². The standard InChI is InChI=1S/C14H20ClNO2/c1-10(2)18-14-4-3-12(9-13(14)15)16-11-5-7-17-8-6-11/h3-4,9-11,16H,5-8H2,1-2H3. The van der Waals surface area contributed by atoms with Crippen molar-refractivity contribution in [2.75, 3.05) is 18.5 Å². The summed E-state index contributed by atoms with van der Waals surface area (Å²) in [7, 11) is 0. The highest BCUT2D eigenvalue weighted by molar-refractivity contribution is 6.32. The van der Waals surface area contributed by atoms with Gasteiger partial charge in [0, 0.05) is 24.9 Å². The highest BCUT2D eigenvalue weighted by atomic mass is 35.5. The molecular weight excluding hydrogens is 250 g/mol. The van der Waals surface area contributed by atoms with E-state index in [1.807, 2.05) is 32.0 Å². The number of nitrogens with one attached hydrogen (secondary N) is 1. The van der Waals surface area contributed by atoms with Crippen LogP contribution < -0.4 is 10.1 Å². The number of hydrogen-bond acceptors (Lipinski definition) is 3. The van der Waals surface area contributed by atoms with Crippen LogP contribution in [0.3, 0.4) is 0 Å². The van der Waals surface area contributed by atoms with Crippen LogP contribution in [-0.2, 0) is 4.74 Å². The maximum atomic E-state index is 6.20. The zero-order valence-corrected chi connectivity index (χ0v) is 11.7. The van der Waals surface area contributed by atoms with Gasteiger partial charge in [-0.3, -0.25) is 0 Å². The number of benzene rings is 1. The molecule has 3 nitrogen and oxygen atoms in total. The molecule has 1 N–H and O–H groups in total. The zero-order chi connectivity index (χ0) is 13.0. The largest absolute Gasteiger partial charge is 0.489 e. The van der Waals surface area contributed by atoms with Crippen molar-refractivity contribution < 1.29 is 9.47 Å². The smallest absolute Gasteiger partial charge is 0.138 e. The highest BCUT2D eigenvalue weighted by Crippen LogP contribution is 2.29. The maximum absolute atomic E-state index is 6.20. The maximum Gasteiger partial charge on any atom is 0.138 e. The van der Waals surface area contributed by atoms with Gasteiger partial charge in [0.2, 0.25) is 0 Å². The second-order valence-corrected chi connectivity index (χ2v) is 5.25. The summed E-state index contributed by atoms with van der Waals surface area (Å²) < 4.78 is 10.9. The molecule has 2 rings (SSSR count). The van der Waals surface area contributed by atoms with Crippen molar-refractivity contribution >= 4 is 17.3 Å². The minimum atomic E-state index is 0.136. The van der Waals surface area contributed by atoms with Gasteiger partial charge in [0.1, 0.15) is 5.75 Å². The second-order valence-electron chi connectivity index (χ2n) is 4.84. The Balaban J connectivity index is 1.99. The lowest BCUT2D eigenvalue weighted by Crippen LogP contribution is -2.27. The van der Waals surface area contributed by atoms with E-state index in [1.165, 1.54) is 0 Å². The van der Waals surface area contributed by atoms with Gasteiger partial charge in [-0.15, -0.1) is 0 Å². The van der Waals surface area contributed by atoms with Crippen molar-refractivity contribution in [1.29, 1.82) is 0 Å². The van der Waals surface area contributed by atoms with Crippen LogP contribution in [0.5, 0.6) is 5.75 Å². The number of halogens is 1. The first kappa shape index (κ1) is 13.5. The van der Waals surface area contributed by atoms with Crippen LogP contribution in [0.15, 0.2) is 18.2 Å². The van der Waals surface area contributed by atoms with Crippen LogP contribution in [0.4, 0.5) is 5.69 Å². The monoisotopic (exact) mass is 269 g/mol. The summed E-state index contributed by atoms with van der Waals surface area (Å²) in [6, 6.07) is 6.34. The molecule has 0 spiro atoms. The molecule has 1 aliphatic heterocycles. The summed E-state index contributed by atoms with van der Waals surface area (Å²) >= 11 is 6.20. The van der Waals surface area contributed by atoms with Gasteiger partial charge in [-0.05, 0) is 44.9 Å². The van der Waals surface area contributed by atoms with Crippen molar-refractivity contribution in [1.82, 2.24) is 0 Å². The highest BCUT2D eigenvalue weighted by Gasteiger charge is 2.14. The SMILES string of the molecule is CC(C)Oc1ccc(NC2CCOCC2)cc1Cl. The minimum absolute atomic E-state index is 0.136. The van der Waals surface area contributed by atoms with Crippen LogP contribution in [0, 0.1) is 0 Å². The third-order valence-electron chi connectivity index (χ3n) is 2.89. The zero-order valence-electron chi connectivity index (χ0n) is 10.9. The minimum Gasteiger partial charge on any atom is -0.489 e. The third kappa shape index (κ3) is 3.79. The Labute approximate surface area is 113 Å². The molecule has 0 bridgehead atoms. The van der Waals surface area contributed by atoms with Crippen LogP contribution in [0.25, 0.3) is 0 Å². The van der Waals surface area contributed by atoms with Crippen LogP contribution in [0.2, 0.25) is 5.02 Å². The topological polar surface area (TPSA) is 30.5 Å².